The van der Waals surface area contributed by atoms with Crippen LogP contribution in [0.4, 0.5) is 8.78 Å². The SMILES string of the molecule is NCCN(CC(F)F)C(=O)C1CCCCC1. The van der Waals surface area contributed by atoms with Gasteiger partial charge in [0.25, 0.3) is 6.43 Å². The van der Waals surface area contributed by atoms with Crippen LogP contribution in [0.2, 0.25) is 0 Å². The first-order valence-electron chi connectivity index (χ1n) is 5.92. The fraction of sp³-hybridized carbons (Fsp3) is 0.909. The van der Waals surface area contributed by atoms with E-state index in [0.29, 0.717) is 0 Å². The first-order chi connectivity index (χ1) is 7.65. The Kier molecular flexibility index (Phi) is 5.66. The van der Waals surface area contributed by atoms with Crippen LogP contribution >= 0.6 is 0 Å². The second-order valence-corrected chi connectivity index (χ2v) is 4.30. The van der Waals surface area contributed by atoms with Gasteiger partial charge in [-0.3, -0.25) is 4.79 Å². The number of carbonyl (C=O) groups is 1. The number of amides is 1. The molecule has 0 aromatic heterocycles. The Morgan fingerprint density at radius 3 is 2.44 bits per heavy atom. The van der Waals surface area contributed by atoms with Gasteiger partial charge in [0.1, 0.15) is 0 Å². The van der Waals surface area contributed by atoms with Crippen LogP contribution in [0.5, 0.6) is 0 Å². The van der Waals surface area contributed by atoms with Crippen molar-refractivity contribution in [2.45, 2.75) is 38.5 Å². The quantitative estimate of drug-likeness (QED) is 0.785. The van der Waals surface area contributed by atoms with Crippen LogP contribution in [-0.4, -0.2) is 36.9 Å². The van der Waals surface area contributed by atoms with Gasteiger partial charge in [0.05, 0.1) is 6.54 Å². The Labute approximate surface area is 95.0 Å². The summed E-state index contributed by atoms with van der Waals surface area (Å²) in [7, 11) is 0. The van der Waals surface area contributed by atoms with Gasteiger partial charge >= 0.3 is 0 Å². The van der Waals surface area contributed by atoms with Gasteiger partial charge in [0, 0.05) is 19.0 Å². The molecule has 0 heterocycles. The zero-order valence-corrected chi connectivity index (χ0v) is 9.50. The van der Waals surface area contributed by atoms with Crippen molar-refractivity contribution in [3.8, 4) is 0 Å². The van der Waals surface area contributed by atoms with Crippen molar-refractivity contribution in [2.75, 3.05) is 19.6 Å². The van der Waals surface area contributed by atoms with E-state index in [9.17, 15) is 13.6 Å². The molecular weight excluding hydrogens is 214 g/mol. The number of carbonyl (C=O) groups excluding carboxylic acids is 1. The van der Waals surface area contributed by atoms with Crippen LogP contribution in [0.3, 0.4) is 0 Å². The van der Waals surface area contributed by atoms with Crippen LogP contribution in [0, 0.1) is 5.92 Å². The molecule has 0 unspecified atom stereocenters. The van der Waals surface area contributed by atoms with E-state index in [-0.39, 0.29) is 24.9 Å². The zero-order chi connectivity index (χ0) is 12.0. The zero-order valence-electron chi connectivity index (χ0n) is 9.50. The van der Waals surface area contributed by atoms with Crippen LogP contribution in [-0.2, 0) is 4.79 Å². The molecule has 0 radical (unpaired) electrons. The fourth-order valence-electron chi connectivity index (χ4n) is 2.22. The third-order valence-electron chi connectivity index (χ3n) is 3.02. The van der Waals surface area contributed by atoms with Crippen LogP contribution in [0.15, 0.2) is 0 Å². The van der Waals surface area contributed by atoms with Gasteiger partial charge in [0.2, 0.25) is 5.91 Å². The monoisotopic (exact) mass is 234 g/mol. The van der Waals surface area contributed by atoms with Gasteiger partial charge in [-0.1, -0.05) is 19.3 Å². The van der Waals surface area contributed by atoms with Crippen molar-refractivity contribution < 1.29 is 13.6 Å². The summed E-state index contributed by atoms with van der Waals surface area (Å²) in [5, 5.41) is 0. The van der Waals surface area contributed by atoms with E-state index >= 15 is 0 Å². The van der Waals surface area contributed by atoms with Gasteiger partial charge in [-0.05, 0) is 12.8 Å². The molecule has 0 atom stereocenters. The fourth-order valence-corrected chi connectivity index (χ4v) is 2.22. The molecule has 16 heavy (non-hydrogen) atoms. The molecule has 0 saturated heterocycles. The average Bonchev–Trinajstić information content (AvgIpc) is 2.28. The minimum absolute atomic E-state index is 0.0564. The Balaban J connectivity index is 2.50. The summed E-state index contributed by atoms with van der Waals surface area (Å²) in [5.41, 5.74) is 5.33. The topological polar surface area (TPSA) is 46.3 Å². The number of rotatable bonds is 5. The van der Waals surface area contributed by atoms with E-state index < -0.39 is 13.0 Å². The molecule has 1 rings (SSSR count). The molecule has 0 spiro atoms. The van der Waals surface area contributed by atoms with Crippen molar-refractivity contribution >= 4 is 5.91 Å². The van der Waals surface area contributed by atoms with Crippen molar-refractivity contribution in [1.29, 1.82) is 0 Å². The predicted octanol–water partition coefficient (Wildman–Crippen LogP) is 1.62. The molecule has 0 bridgehead atoms. The van der Waals surface area contributed by atoms with E-state index in [1.165, 1.54) is 4.90 Å². The maximum atomic E-state index is 12.3. The van der Waals surface area contributed by atoms with Gasteiger partial charge in [0.15, 0.2) is 0 Å². The van der Waals surface area contributed by atoms with Gasteiger partial charge in [-0.2, -0.15) is 0 Å². The third kappa shape index (κ3) is 4.04. The normalized spacial score (nSPS) is 17.8. The molecule has 1 aliphatic carbocycles. The van der Waals surface area contributed by atoms with Gasteiger partial charge < -0.3 is 10.6 Å². The van der Waals surface area contributed by atoms with Crippen LogP contribution < -0.4 is 5.73 Å². The average molecular weight is 234 g/mol. The molecule has 3 nitrogen and oxygen atoms in total. The summed E-state index contributed by atoms with van der Waals surface area (Å²) in [4.78, 5) is 13.2. The first kappa shape index (κ1) is 13.4. The number of nitrogens with two attached hydrogens (primary N) is 1. The summed E-state index contributed by atoms with van der Waals surface area (Å²) in [6.07, 6.45) is 2.41. The standard InChI is InChI=1S/C11H20F2N2O/c12-10(13)8-15(7-6-14)11(16)9-4-2-1-3-5-9/h9-10H,1-8,14H2. The Morgan fingerprint density at radius 2 is 1.94 bits per heavy atom. The highest BCUT2D eigenvalue weighted by Crippen LogP contribution is 2.25. The molecule has 0 aromatic carbocycles. The predicted molar refractivity (Wildman–Crippen MR) is 58.2 cm³/mol. The van der Waals surface area contributed by atoms with E-state index in [4.69, 9.17) is 5.73 Å². The Bertz CT molecular complexity index is 218. The van der Waals surface area contributed by atoms with Gasteiger partial charge in [-0.25, -0.2) is 8.78 Å². The number of alkyl halides is 2. The largest absolute Gasteiger partial charge is 0.335 e. The molecule has 1 fully saturated rings. The van der Waals surface area contributed by atoms with Crippen LogP contribution in [0.25, 0.3) is 0 Å². The maximum Gasteiger partial charge on any atom is 0.255 e. The number of nitrogens with zero attached hydrogens (tertiary/aromatic N) is 1. The smallest absolute Gasteiger partial charge is 0.255 e. The molecule has 2 N–H and O–H groups in total. The van der Waals surface area contributed by atoms with E-state index in [0.717, 1.165) is 32.1 Å². The second-order valence-electron chi connectivity index (χ2n) is 4.30. The number of halogens is 2. The summed E-state index contributed by atoms with van der Waals surface area (Å²) < 4.78 is 24.6. The van der Waals surface area contributed by atoms with Crippen molar-refractivity contribution in [3.63, 3.8) is 0 Å². The Morgan fingerprint density at radius 1 is 1.31 bits per heavy atom. The van der Waals surface area contributed by atoms with Crippen molar-refractivity contribution in [1.82, 2.24) is 4.90 Å². The summed E-state index contributed by atoms with van der Waals surface area (Å²) in [5.74, 6) is -0.190. The lowest BCUT2D eigenvalue weighted by molar-refractivity contribution is -0.138. The molecular formula is C11H20F2N2O. The lowest BCUT2D eigenvalue weighted by Crippen LogP contribution is -2.42. The summed E-state index contributed by atoms with van der Waals surface area (Å²) in [6.45, 7) is -0.00259. The summed E-state index contributed by atoms with van der Waals surface area (Å²) in [6, 6.07) is 0. The lowest BCUT2D eigenvalue weighted by atomic mass is 9.88. The third-order valence-corrected chi connectivity index (χ3v) is 3.02. The van der Waals surface area contributed by atoms with Crippen LogP contribution in [0.1, 0.15) is 32.1 Å². The summed E-state index contributed by atoms with van der Waals surface area (Å²) >= 11 is 0. The molecule has 0 aliphatic heterocycles. The molecule has 1 amide bonds. The molecule has 0 aromatic rings. The molecule has 94 valence electrons. The second kappa shape index (κ2) is 6.78. The molecule has 1 saturated carbocycles. The number of hydrogen-bond donors (Lipinski definition) is 1. The first-order valence-corrected chi connectivity index (χ1v) is 5.92. The number of hydrogen-bond acceptors (Lipinski definition) is 2. The van der Waals surface area contributed by atoms with Crippen molar-refractivity contribution in [2.24, 2.45) is 11.7 Å². The van der Waals surface area contributed by atoms with Crippen molar-refractivity contribution in [3.05, 3.63) is 0 Å². The minimum atomic E-state index is -2.47. The molecule has 1 aliphatic rings. The van der Waals surface area contributed by atoms with E-state index in [1.807, 2.05) is 0 Å². The highest BCUT2D eigenvalue weighted by Gasteiger charge is 2.26. The maximum absolute atomic E-state index is 12.3. The highest BCUT2D eigenvalue weighted by molar-refractivity contribution is 5.79. The minimum Gasteiger partial charge on any atom is -0.335 e. The Hall–Kier alpha value is -0.710. The molecule has 5 heteroatoms. The lowest BCUT2D eigenvalue weighted by Gasteiger charge is -2.28. The van der Waals surface area contributed by atoms with E-state index in [1.54, 1.807) is 0 Å². The van der Waals surface area contributed by atoms with Gasteiger partial charge in [-0.15, -0.1) is 0 Å². The highest BCUT2D eigenvalue weighted by atomic mass is 19.3. The van der Waals surface area contributed by atoms with E-state index in [2.05, 4.69) is 0 Å².